The maximum atomic E-state index is 11.2. The first-order valence-electron chi connectivity index (χ1n) is 5.28. The predicted molar refractivity (Wildman–Crippen MR) is 53.3 cm³/mol. The van der Waals surface area contributed by atoms with E-state index in [1.165, 1.54) is 0 Å². The Kier molecular flexibility index (Phi) is 2.32. The third-order valence-electron chi connectivity index (χ3n) is 3.47. The summed E-state index contributed by atoms with van der Waals surface area (Å²) in [6.07, 6.45) is 1.12. The van der Waals surface area contributed by atoms with Crippen LogP contribution in [0, 0.1) is 0 Å². The second kappa shape index (κ2) is 3.40. The van der Waals surface area contributed by atoms with E-state index in [0.29, 0.717) is 13.1 Å². The maximum absolute atomic E-state index is 11.2. The highest BCUT2D eigenvalue weighted by Gasteiger charge is 2.48. The van der Waals surface area contributed by atoms with Crippen molar-refractivity contribution in [1.82, 2.24) is 10.2 Å². The molecule has 2 heterocycles. The molecule has 2 aliphatic rings. The number of rotatable bonds is 0. The first-order valence-corrected chi connectivity index (χ1v) is 5.28. The van der Waals surface area contributed by atoms with E-state index in [2.05, 4.69) is 5.32 Å². The van der Waals surface area contributed by atoms with Crippen molar-refractivity contribution in [1.29, 1.82) is 0 Å². The van der Waals surface area contributed by atoms with Crippen LogP contribution in [0.2, 0.25) is 0 Å². The number of nitrogens with zero attached hydrogens (tertiary/aromatic N) is 1. The number of carbonyl (C=O) groups is 2. The Bertz CT molecular complexity index is 295. The number of piperidine rings is 1. The molecule has 2 rings (SSSR count). The van der Waals surface area contributed by atoms with Crippen LogP contribution >= 0.6 is 0 Å². The average molecular weight is 212 g/mol. The van der Waals surface area contributed by atoms with Crippen LogP contribution < -0.4 is 5.32 Å². The number of hydrogen-bond acceptors (Lipinski definition) is 3. The SMILES string of the molecule is CC(=O)N1CCC2(CC1)OC(=O)NC2C. The number of hydrogen-bond donors (Lipinski definition) is 1. The maximum Gasteiger partial charge on any atom is 0.408 e. The molecule has 1 spiro atoms. The third kappa shape index (κ3) is 1.66. The molecule has 2 saturated heterocycles. The number of nitrogens with one attached hydrogen (secondary N) is 1. The highest BCUT2D eigenvalue weighted by molar-refractivity contribution is 5.74. The zero-order valence-corrected chi connectivity index (χ0v) is 9.08. The van der Waals surface area contributed by atoms with Gasteiger partial charge in [0.15, 0.2) is 0 Å². The Morgan fingerprint density at radius 2 is 2.13 bits per heavy atom. The molecule has 0 aromatic carbocycles. The summed E-state index contributed by atoms with van der Waals surface area (Å²) < 4.78 is 5.34. The number of amides is 2. The van der Waals surface area contributed by atoms with Gasteiger partial charge in [-0.2, -0.15) is 0 Å². The van der Waals surface area contributed by atoms with Crippen molar-refractivity contribution < 1.29 is 14.3 Å². The van der Waals surface area contributed by atoms with E-state index in [4.69, 9.17) is 4.74 Å². The Morgan fingerprint density at radius 3 is 2.53 bits per heavy atom. The minimum Gasteiger partial charge on any atom is -0.441 e. The summed E-state index contributed by atoms with van der Waals surface area (Å²) in [6, 6.07) is 0.0408. The zero-order chi connectivity index (χ0) is 11.1. The third-order valence-corrected chi connectivity index (χ3v) is 3.47. The lowest BCUT2D eigenvalue weighted by Gasteiger charge is -2.39. The predicted octanol–water partition coefficient (Wildman–Crippen LogP) is 0.496. The lowest BCUT2D eigenvalue weighted by Crippen LogP contribution is -2.51. The fraction of sp³-hybridized carbons (Fsp3) is 0.800. The molecule has 2 amide bonds. The quantitative estimate of drug-likeness (QED) is 0.636. The number of alkyl carbamates (subject to hydrolysis) is 1. The van der Waals surface area contributed by atoms with E-state index >= 15 is 0 Å². The number of carbonyl (C=O) groups excluding carboxylic acids is 2. The fourth-order valence-electron chi connectivity index (χ4n) is 2.35. The van der Waals surface area contributed by atoms with E-state index in [-0.39, 0.29) is 23.6 Å². The molecule has 0 aromatic heterocycles. The second-order valence-corrected chi connectivity index (χ2v) is 4.33. The molecule has 5 heteroatoms. The van der Waals surface area contributed by atoms with E-state index in [1.54, 1.807) is 11.8 Å². The van der Waals surface area contributed by atoms with Crippen LogP contribution in [0.25, 0.3) is 0 Å². The minimum absolute atomic E-state index is 0.0408. The molecule has 1 N–H and O–H groups in total. The van der Waals surface area contributed by atoms with Crippen molar-refractivity contribution in [2.45, 2.75) is 38.3 Å². The standard InChI is InChI=1S/C10H16N2O3/c1-7-10(15-9(14)11-7)3-5-12(6-4-10)8(2)13/h7H,3-6H2,1-2H3,(H,11,14). The molecule has 0 radical (unpaired) electrons. The van der Waals surface area contributed by atoms with Gasteiger partial charge >= 0.3 is 6.09 Å². The summed E-state index contributed by atoms with van der Waals surface area (Å²) in [6.45, 7) is 4.87. The highest BCUT2D eigenvalue weighted by atomic mass is 16.6. The van der Waals surface area contributed by atoms with Crippen molar-refractivity contribution in [2.24, 2.45) is 0 Å². The molecule has 0 bridgehead atoms. The van der Waals surface area contributed by atoms with Gasteiger partial charge in [0.2, 0.25) is 5.91 Å². The lowest BCUT2D eigenvalue weighted by molar-refractivity contribution is -0.132. The van der Waals surface area contributed by atoms with Gasteiger partial charge < -0.3 is 15.0 Å². The van der Waals surface area contributed by atoms with E-state index < -0.39 is 0 Å². The average Bonchev–Trinajstić information content (AvgIpc) is 2.42. The fourth-order valence-corrected chi connectivity index (χ4v) is 2.35. The molecule has 5 nitrogen and oxygen atoms in total. The van der Waals surface area contributed by atoms with Crippen molar-refractivity contribution in [2.75, 3.05) is 13.1 Å². The Balaban J connectivity index is 2.03. The van der Waals surface area contributed by atoms with E-state index in [9.17, 15) is 9.59 Å². The number of likely N-dealkylation sites (tertiary alicyclic amines) is 1. The van der Waals surface area contributed by atoms with Gasteiger partial charge in [-0.3, -0.25) is 4.79 Å². The van der Waals surface area contributed by atoms with E-state index in [0.717, 1.165) is 12.8 Å². The van der Waals surface area contributed by atoms with Crippen LogP contribution in [0.4, 0.5) is 4.79 Å². The van der Waals surface area contributed by atoms with Crippen LogP contribution in [-0.2, 0) is 9.53 Å². The minimum atomic E-state index is -0.386. The molecule has 84 valence electrons. The summed E-state index contributed by atoms with van der Waals surface area (Å²) >= 11 is 0. The summed E-state index contributed by atoms with van der Waals surface area (Å²) in [4.78, 5) is 24.1. The number of ether oxygens (including phenoxy) is 1. The summed E-state index contributed by atoms with van der Waals surface area (Å²) in [5.74, 6) is 0.0924. The largest absolute Gasteiger partial charge is 0.441 e. The van der Waals surface area contributed by atoms with Crippen molar-refractivity contribution in [3.63, 3.8) is 0 Å². The van der Waals surface area contributed by atoms with Gasteiger partial charge in [0.25, 0.3) is 0 Å². The molecule has 0 saturated carbocycles. The smallest absolute Gasteiger partial charge is 0.408 e. The first-order chi connectivity index (χ1) is 7.03. The van der Waals surface area contributed by atoms with Gasteiger partial charge in [0.05, 0.1) is 6.04 Å². The van der Waals surface area contributed by atoms with Gasteiger partial charge in [-0.05, 0) is 6.92 Å². The zero-order valence-electron chi connectivity index (χ0n) is 9.08. The normalized spacial score (nSPS) is 28.8. The van der Waals surface area contributed by atoms with Crippen LogP contribution in [0.15, 0.2) is 0 Å². The lowest BCUT2D eigenvalue weighted by atomic mass is 9.85. The molecular weight excluding hydrogens is 196 g/mol. The Hall–Kier alpha value is -1.26. The second-order valence-electron chi connectivity index (χ2n) is 4.33. The van der Waals surface area contributed by atoms with Crippen molar-refractivity contribution in [3.8, 4) is 0 Å². The first kappa shape index (κ1) is 10.3. The molecule has 1 atom stereocenters. The molecule has 15 heavy (non-hydrogen) atoms. The van der Waals surface area contributed by atoms with Gasteiger partial charge in [0, 0.05) is 32.9 Å². The van der Waals surface area contributed by atoms with Crippen molar-refractivity contribution in [3.05, 3.63) is 0 Å². The van der Waals surface area contributed by atoms with E-state index in [1.807, 2.05) is 6.92 Å². The molecule has 0 aromatic rings. The molecular formula is C10H16N2O3. The highest BCUT2D eigenvalue weighted by Crippen LogP contribution is 2.33. The van der Waals surface area contributed by atoms with Crippen LogP contribution in [0.3, 0.4) is 0 Å². The molecule has 1 unspecified atom stereocenters. The summed E-state index contributed by atoms with van der Waals surface area (Å²) in [7, 11) is 0. The van der Waals surface area contributed by atoms with Crippen LogP contribution in [0.1, 0.15) is 26.7 Å². The Morgan fingerprint density at radius 1 is 1.53 bits per heavy atom. The summed E-state index contributed by atoms with van der Waals surface area (Å²) in [5, 5.41) is 2.76. The molecule has 2 fully saturated rings. The topological polar surface area (TPSA) is 58.6 Å². The molecule has 2 aliphatic heterocycles. The molecule has 0 aliphatic carbocycles. The monoisotopic (exact) mass is 212 g/mol. The van der Waals surface area contributed by atoms with Gasteiger partial charge in [-0.25, -0.2) is 4.79 Å². The van der Waals surface area contributed by atoms with Crippen molar-refractivity contribution >= 4 is 12.0 Å². The van der Waals surface area contributed by atoms with Gasteiger partial charge in [-0.1, -0.05) is 0 Å². The van der Waals surface area contributed by atoms with Gasteiger partial charge in [0.1, 0.15) is 5.60 Å². The van der Waals surface area contributed by atoms with Crippen LogP contribution in [-0.4, -0.2) is 41.6 Å². The van der Waals surface area contributed by atoms with Gasteiger partial charge in [-0.15, -0.1) is 0 Å². The Labute approximate surface area is 88.8 Å². The van der Waals surface area contributed by atoms with Crippen LogP contribution in [0.5, 0.6) is 0 Å². The summed E-state index contributed by atoms with van der Waals surface area (Å²) in [5.41, 5.74) is -0.386.